The summed E-state index contributed by atoms with van der Waals surface area (Å²) >= 11 is 11.8. The van der Waals surface area contributed by atoms with E-state index in [1.165, 1.54) is 6.21 Å². The summed E-state index contributed by atoms with van der Waals surface area (Å²) < 4.78 is 4.65. The van der Waals surface area contributed by atoms with Crippen LogP contribution in [0.5, 0.6) is 0 Å². The maximum atomic E-state index is 10.9. The first-order chi connectivity index (χ1) is 8.15. The zero-order chi connectivity index (χ0) is 12.7. The van der Waals surface area contributed by atoms with E-state index in [4.69, 9.17) is 28.0 Å². The molecule has 17 heavy (non-hydrogen) atoms. The fourth-order valence-electron chi connectivity index (χ4n) is 1.02. The average molecular weight is 276 g/mol. The van der Waals surface area contributed by atoms with Gasteiger partial charge in [0.1, 0.15) is 0 Å². The molecule has 0 amide bonds. The highest BCUT2D eigenvalue weighted by molar-refractivity contribution is 6.38. The average Bonchev–Trinajstić information content (AvgIpc) is 2.28. The number of carbonyl (C=O) groups is 1. The third kappa shape index (κ3) is 4.63. The van der Waals surface area contributed by atoms with Crippen LogP contribution in [-0.2, 0) is 14.4 Å². The Morgan fingerprint density at radius 2 is 2.06 bits per heavy atom. The summed E-state index contributed by atoms with van der Waals surface area (Å²) in [6.45, 7) is 1.78. The molecule has 0 radical (unpaired) electrons. The molecule has 0 saturated carbocycles. The number of esters is 1. The zero-order valence-corrected chi connectivity index (χ0v) is 10.7. The number of nitrogens with zero attached hydrogens (tertiary/aromatic N) is 1. The van der Waals surface area contributed by atoms with Crippen molar-refractivity contribution < 1.29 is 14.4 Å². The smallest absolute Gasteiger partial charge is 0.347 e. The first kappa shape index (κ1) is 13.8. The standard InChI is InChI=1S/C11H11Cl2NO3/c1-2-16-11(15)7-17-14-6-8-9(12)4-3-5-10(8)13/h3-6H,2,7H2,1H3. The van der Waals surface area contributed by atoms with Crippen LogP contribution in [0.1, 0.15) is 12.5 Å². The van der Waals surface area contributed by atoms with Crippen molar-refractivity contribution >= 4 is 35.4 Å². The van der Waals surface area contributed by atoms with Gasteiger partial charge < -0.3 is 9.57 Å². The highest BCUT2D eigenvalue weighted by Crippen LogP contribution is 2.22. The number of hydrogen-bond donors (Lipinski definition) is 0. The van der Waals surface area contributed by atoms with Crippen LogP contribution in [0.25, 0.3) is 0 Å². The topological polar surface area (TPSA) is 47.9 Å². The number of carbonyl (C=O) groups excluding carboxylic acids is 1. The Hall–Kier alpha value is -1.26. The molecule has 0 heterocycles. The van der Waals surface area contributed by atoms with E-state index < -0.39 is 5.97 Å². The molecule has 0 N–H and O–H groups in total. The minimum Gasteiger partial charge on any atom is -0.463 e. The van der Waals surface area contributed by atoms with Crippen LogP contribution < -0.4 is 0 Å². The lowest BCUT2D eigenvalue weighted by atomic mass is 10.2. The molecule has 0 atom stereocenters. The van der Waals surface area contributed by atoms with E-state index in [0.717, 1.165) is 0 Å². The lowest BCUT2D eigenvalue weighted by Gasteiger charge is -2.01. The van der Waals surface area contributed by atoms with Crippen LogP contribution in [0.4, 0.5) is 0 Å². The molecule has 0 aliphatic carbocycles. The monoisotopic (exact) mass is 275 g/mol. The maximum absolute atomic E-state index is 10.9. The molecule has 0 aromatic heterocycles. The van der Waals surface area contributed by atoms with E-state index in [2.05, 4.69) is 9.89 Å². The zero-order valence-electron chi connectivity index (χ0n) is 9.15. The van der Waals surface area contributed by atoms with Gasteiger partial charge in [-0.15, -0.1) is 0 Å². The molecule has 0 unspecified atom stereocenters. The van der Waals surface area contributed by atoms with Gasteiger partial charge >= 0.3 is 5.97 Å². The van der Waals surface area contributed by atoms with Gasteiger partial charge in [-0.25, -0.2) is 4.79 Å². The van der Waals surface area contributed by atoms with Crippen molar-refractivity contribution in [2.45, 2.75) is 6.92 Å². The van der Waals surface area contributed by atoms with E-state index in [1.807, 2.05) is 0 Å². The van der Waals surface area contributed by atoms with Gasteiger partial charge in [0.05, 0.1) is 22.9 Å². The van der Waals surface area contributed by atoms with E-state index in [-0.39, 0.29) is 6.61 Å². The first-order valence-corrected chi connectivity index (χ1v) is 5.65. The largest absolute Gasteiger partial charge is 0.463 e. The van der Waals surface area contributed by atoms with Gasteiger partial charge in [0.2, 0.25) is 6.61 Å². The quantitative estimate of drug-likeness (QED) is 0.472. The van der Waals surface area contributed by atoms with E-state index >= 15 is 0 Å². The van der Waals surface area contributed by atoms with Gasteiger partial charge in [0.15, 0.2) is 0 Å². The number of halogens is 2. The van der Waals surface area contributed by atoms with Crippen molar-refractivity contribution in [3.8, 4) is 0 Å². The Morgan fingerprint density at radius 1 is 1.41 bits per heavy atom. The highest BCUT2D eigenvalue weighted by atomic mass is 35.5. The molecule has 0 aliphatic heterocycles. The number of ether oxygens (including phenoxy) is 1. The molecule has 0 saturated heterocycles. The lowest BCUT2D eigenvalue weighted by molar-refractivity contribution is -0.148. The molecule has 0 aliphatic rings. The Bertz CT molecular complexity index is 401. The normalized spacial score (nSPS) is 10.5. The Labute approximate surface area is 109 Å². The van der Waals surface area contributed by atoms with Gasteiger partial charge in [-0.3, -0.25) is 0 Å². The van der Waals surface area contributed by atoms with Crippen LogP contribution in [0.3, 0.4) is 0 Å². The summed E-state index contributed by atoms with van der Waals surface area (Å²) in [4.78, 5) is 15.7. The van der Waals surface area contributed by atoms with Crippen LogP contribution in [0.15, 0.2) is 23.4 Å². The van der Waals surface area contributed by atoms with Crippen molar-refractivity contribution in [3.63, 3.8) is 0 Å². The van der Waals surface area contributed by atoms with Gasteiger partial charge in [-0.05, 0) is 19.1 Å². The molecule has 1 aromatic rings. The third-order valence-electron chi connectivity index (χ3n) is 1.74. The van der Waals surface area contributed by atoms with Crippen molar-refractivity contribution in [1.29, 1.82) is 0 Å². The van der Waals surface area contributed by atoms with Crippen molar-refractivity contribution in [3.05, 3.63) is 33.8 Å². The Balaban J connectivity index is 2.51. The molecule has 92 valence electrons. The molecular weight excluding hydrogens is 265 g/mol. The predicted molar refractivity (Wildman–Crippen MR) is 66.6 cm³/mol. The van der Waals surface area contributed by atoms with Gasteiger partial charge in [-0.2, -0.15) is 0 Å². The molecule has 4 nitrogen and oxygen atoms in total. The third-order valence-corrected chi connectivity index (χ3v) is 2.40. The summed E-state index contributed by atoms with van der Waals surface area (Å²) in [6.07, 6.45) is 1.35. The van der Waals surface area contributed by atoms with Crippen molar-refractivity contribution in [2.24, 2.45) is 5.16 Å². The van der Waals surface area contributed by atoms with Crippen LogP contribution in [0, 0.1) is 0 Å². The Morgan fingerprint density at radius 3 is 2.65 bits per heavy atom. The Kier molecular flexibility index (Phi) is 5.80. The molecule has 1 aromatic carbocycles. The summed E-state index contributed by atoms with van der Waals surface area (Å²) in [7, 11) is 0. The molecule has 1 rings (SSSR count). The lowest BCUT2D eigenvalue weighted by Crippen LogP contribution is -2.10. The fraction of sp³-hybridized carbons (Fsp3) is 0.273. The summed E-state index contributed by atoms with van der Waals surface area (Å²) in [6, 6.07) is 5.09. The molecule has 6 heteroatoms. The number of rotatable bonds is 5. The van der Waals surface area contributed by atoms with Crippen LogP contribution in [-0.4, -0.2) is 25.4 Å². The van der Waals surface area contributed by atoms with Gasteiger partial charge in [-0.1, -0.05) is 34.4 Å². The second kappa shape index (κ2) is 7.14. The molecular formula is C11H11Cl2NO3. The molecule has 0 bridgehead atoms. The predicted octanol–water partition coefficient (Wildman–Crippen LogP) is 2.91. The van der Waals surface area contributed by atoms with Crippen LogP contribution >= 0.6 is 23.2 Å². The first-order valence-electron chi connectivity index (χ1n) is 4.90. The fourth-order valence-corrected chi connectivity index (χ4v) is 1.51. The minimum absolute atomic E-state index is 0.244. The van der Waals surface area contributed by atoms with Gasteiger partial charge in [0.25, 0.3) is 0 Å². The minimum atomic E-state index is -0.477. The number of hydrogen-bond acceptors (Lipinski definition) is 4. The van der Waals surface area contributed by atoms with Crippen molar-refractivity contribution in [2.75, 3.05) is 13.2 Å². The van der Waals surface area contributed by atoms with E-state index in [1.54, 1.807) is 25.1 Å². The SMILES string of the molecule is CCOC(=O)CON=Cc1c(Cl)cccc1Cl. The maximum Gasteiger partial charge on any atom is 0.347 e. The second-order valence-corrected chi connectivity index (χ2v) is 3.76. The van der Waals surface area contributed by atoms with Gasteiger partial charge in [0, 0.05) is 5.56 Å². The molecule has 0 fully saturated rings. The van der Waals surface area contributed by atoms with Crippen molar-refractivity contribution in [1.82, 2.24) is 0 Å². The summed E-state index contributed by atoms with van der Waals surface area (Å²) in [5.74, 6) is -0.477. The number of benzene rings is 1. The second-order valence-electron chi connectivity index (χ2n) is 2.95. The highest BCUT2D eigenvalue weighted by Gasteiger charge is 2.03. The van der Waals surface area contributed by atoms with Crippen LogP contribution in [0.2, 0.25) is 10.0 Å². The summed E-state index contributed by atoms with van der Waals surface area (Å²) in [5.41, 5.74) is 0.541. The summed E-state index contributed by atoms with van der Waals surface area (Å²) in [5, 5.41) is 4.51. The number of oxime groups is 1. The molecule has 0 spiro atoms. The van der Waals surface area contributed by atoms with E-state index in [9.17, 15) is 4.79 Å². The van der Waals surface area contributed by atoms with E-state index in [0.29, 0.717) is 22.2 Å².